The highest BCUT2D eigenvalue weighted by Crippen LogP contribution is 2.24. The van der Waals surface area contributed by atoms with E-state index in [9.17, 15) is 4.79 Å². The van der Waals surface area contributed by atoms with E-state index >= 15 is 0 Å². The SMILES string of the molecule is Cc1ccccc1NC(=O)[C@@H](C)Sc1nc2ncccc2[nH]1. The average molecular weight is 312 g/mol. The zero-order chi connectivity index (χ0) is 15.5. The average Bonchev–Trinajstić information content (AvgIpc) is 2.91. The van der Waals surface area contributed by atoms with Crippen LogP contribution in [0.25, 0.3) is 11.2 Å². The van der Waals surface area contributed by atoms with Crippen molar-refractivity contribution in [2.75, 3.05) is 5.32 Å². The standard InChI is InChI=1S/C16H16N4OS/c1-10-6-3-4-7-12(10)18-15(21)11(2)22-16-19-13-8-5-9-17-14(13)20-16/h3-9,11H,1-2H3,(H,18,21)(H,17,19,20)/t11-/m1/s1. The topological polar surface area (TPSA) is 70.7 Å². The van der Waals surface area contributed by atoms with Crippen LogP contribution in [0.15, 0.2) is 47.8 Å². The Hall–Kier alpha value is -2.34. The van der Waals surface area contributed by atoms with E-state index < -0.39 is 0 Å². The predicted molar refractivity (Wildman–Crippen MR) is 89.0 cm³/mol. The van der Waals surface area contributed by atoms with Crippen LogP contribution in [0.4, 0.5) is 5.69 Å². The van der Waals surface area contributed by atoms with Crippen molar-refractivity contribution in [1.82, 2.24) is 15.0 Å². The molecular weight excluding hydrogens is 296 g/mol. The first-order chi connectivity index (χ1) is 10.6. The zero-order valence-electron chi connectivity index (χ0n) is 12.3. The van der Waals surface area contributed by atoms with Gasteiger partial charge in [-0.25, -0.2) is 9.97 Å². The van der Waals surface area contributed by atoms with Crippen molar-refractivity contribution in [3.05, 3.63) is 48.2 Å². The quantitative estimate of drug-likeness (QED) is 0.725. The third-order valence-corrected chi connectivity index (χ3v) is 4.28. The number of para-hydroxylation sites is 1. The van der Waals surface area contributed by atoms with Crippen molar-refractivity contribution in [3.63, 3.8) is 0 Å². The number of hydrogen-bond acceptors (Lipinski definition) is 4. The fraction of sp³-hybridized carbons (Fsp3) is 0.188. The fourth-order valence-corrected chi connectivity index (χ4v) is 2.86. The summed E-state index contributed by atoms with van der Waals surface area (Å²) in [6.07, 6.45) is 1.70. The summed E-state index contributed by atoms with van der Waals surface area (Å²) in [5.41, 5.74) is 3.42. The number of anilines is 1. The largest absolute Gasteiger partial charge is 0.332 e. The fourth-order valence-electron chi connectivity index (χ4n) is 2.05. The Morgan fingerprint density at radius 2 is 2.09 bits per heavy atom. The zero-order valence-corrected chi connectivity index (χ0v) is 13.1. The number of fused-ring (bicyclic) bond motifs is 1. The summed E-state index contributed by atoms with van der Waals surface area (Å²) in [4.78, 5) is 24.0. The van der Waals surface area contributed by atoms with Gasteiger partial charge in [0.05, 0.1) is 10.8 Å². The van der Waals surface area contributed by atoms with Gasteiger partial charge in [0.1, 0.15) is 0 Å². The Balaban J connectivity index is 1.69. The molecule has 3 rings (SSSR count). The molecule has 1 amide bonds. The van der Waals surface area contributed by atoms with E-state index in [-0.39, 0.29) is 11.2 Å². The van der Waals surface area contributed by atoms with E-state index in [1.807, 2.05) is 50.2 Å². The summed E-state index contributed by atoms with van der Waals surface area (Å²) in [7, 11) is 0. The molecule has 0 aliphatic carbocycles. The predicted octanol–water partition coefficient (Wildman–Crippen LogP) is 3.39. The van der Waals surface area contributed by atoms with Crippen molar-refractivity contribution in [2.24, 2.45) is 0 Å². The molecule has 2 heterocycles. The highest BCUT2D eigenvalue weighted by atomic mass is 32.2. The Bertz CT molecular complexity index is 782. The van der Waals surface area contributed by atoms with Crippen LogP contribution in [0.3, 0.4) is 0 Å². The van der Waals surface area contributed by atoms with Crippen LogP contribution in [0.1, 0.15) is 12.5 Å². The number of amides is 1. The van der Waals surface area contributed by atoms with E-state index in [2.05, 4.69) is 20.3 Å². The lowest BCUT2D eigenvalue weighted by Gasteiger charge is -2.12. The number of H-pyrrole nitrogens is 1. The molecule has 0 aliphatic heterocycles. The summed E-state index contributed by atoms with van der Waals surface area (Å²) >= 11 is 1.38. The van der Waals surface area contributed by atoms with Gasteiger partial charge in [0, 0.05) is 11.9 Å². The van der Waals surface area contributed by atoms with Gasteiger partial charge in [-0.05, 0) is 37.6 Å². The van der Waals surface area contributed by atoms with E-state index in [1.54, 1.807) is 6.20 Å². The van der Waals surface area contributed by atoms with Gasteiger partial charge in [-0.3, -0.25) is 4.79 Å². The Kier molecular flexibility index (Phi) is 4.11. The second-order valence-electron chi connectivity index (χ2n) is 4.98. The molecule has 22 heavy (non-hydrogen) atoms. The number of pyridine rings is 1. The molecule has 112 valence electrons. The number of carbonyl (C=O) groups is 1. The van der Waals surface area contributed by atoms with Gasteiger partial charge in [0.2, 0.25) is 5.91 Å². The van der Waals surface area contributed by atoms with Gasteiger partial charge in [0.25, 0.3) is 0 Å². The van der Waals surface area contributed by atoms with Crippen LogP contribution in [0.2, 0.25) is 0 Å². The lowest BCUT2D eigenvalue weighted by molar-refractivity contribution is -0.115. The number of nitrogens with one attached hydrogen (secondary N) is 2. The molecule has 0 saturated heterocycles. The van der Waals surface area contributed by atoms with Crippen LogP contribution in [0.5, 0.6) is 0 Å². The summed E-state index contributed by atoms with van der Waals surface area (Å²) < 4.78 is 0. The maximum atomic E-state index is 12.3. The number of nitrogens with zero attached hydrogens (tertiary/aromatic N) is 2. The number of benzene rings is 1. The lowest BCUT2D eigenvalue weighted by Crippen LogP contribution is -2.22. The number of carbonyl (C=O) groups excluding carboxylic acids is 1. The lowest BCUT2D eigenvalue weighted by atomic mass is 10.2. The minimum absolute atomic E-state index is 0.0484. The number of rotatable bonds is 4. The smallest absolute Gasteiger partial charge is 0.237 e. The van der Waals surface area contributed by atoms with Gasteiger partial charge in [0.15, 0.2) is 10.8 Å². The first-order valence-electron chi connectivity index (χ1n) is 6.97. The second kappa shape index (κ2) is 6.19. The third kappa shape index (κ3) is 3.12. The number of thioether (sulfide) groups is 1. The molecule has 5 nitrogen and oxygen atoms in total. The Morgan fingerprint density at radius 3 is 2.86 bits per heavy atom. The van der Waals surface area contributed by atoms with Crippen molar-refractivity contribution in [2.45, 2.75) is 24.3 Å². The third-order valence-electron chi connectivity index (χ3n) is 3.30. The summed E-state index contributed by atoms with van der Waals surface area (Å²) in [6.45, 7) is 3.83. The molecule has 1 aromatic carbocycles. The summed E-state index contributed by atoms with van der Waals surface area (Å²) in [5.74, 6) is -0.0484. The summed E-state index contributed by atoms with van der Waals surface area (Å²) in [6, 6.07) is 11.5. The number of aromatic nitrogens is 3. The van der Waals surface area contributed by atoms with Crippen molar-refractivity contribution >= 4 is 34.5 Å². The molecule has 0 saturated carbocycles. The van der Waals surface area contributed by atoms with Crippen molar-refractivity contribution < 1.29 is 4.79 Å². The molecule has 0 fully saturated rings. The minimum atomic E-state index is -0.264. The number of imidazole rings is 1. The van der Waals surface area contributed by atoms with Crippen LogP contribution in [0, 0.1) is 6.92 Å². The van der Waals surface area contributed by atoms with Gasteiger partial charge >= 0.3 is 0 Å². The van der Waals surface area contributed by atoms with E-state index in [0.29, 0.717) is 10.8 Å². The molecule has 0 unspecified atom stereocenters. The molecule has 0 radical (unpaired) electrons. The summed E-state index contributed by atoms with van der Waals surface area (Å²) in [5, 5.41) is 3.38. The number of hydrogen-bond donors (Lipinski definition) is 2. The monoisotopic (exact) mass is 312 g/mol. The molecule has 2 N–H and O–H groups in total. The highest BCUT2D eigenvalue weighted by Gasteiger charge is 2.17. The van der Waals surface area contributed by atoms with Crippen LogP contribution >= 0.6 is 11.8 Å². The van der Waals surface area contributed by atoms with Crippen molar-refractivity contribution in [1.29, 1.82) is 0 Å². The molecule has 0 spiro atoms. The van der Waals surface area contributed by atoms with Gasteiger partial charge in [-0.2, -0.15) is 0 Å². The molecule has 3 aromatic rings. The number of aromatic amines is 1. The van der Waals surface area contributed by atoms with Crippen molar-refractivity contribution in [3.8, 4) is 0 Å². The van der Waals surface area contributed by atoms with Crippen LogP contribution in [-0.2, 0) is 4.79 Å². The molecule has 0 bridgehead atoms. The number of aryl methyl sites for hydroxylation is 1. The Labute approximate surface area is 132 Å². The van der Waals surface area contributed by atoms with Crippen LogP contribution < -0.4 is 5.32 Å². The first-order valence-corrected chi connectivity index (χ1v) is 7.85. The molecule has 0 aliphatic rings. The maximum absolute atomic E-state index is 12.3. The molecule has 1 atom stereocenters. The second-order valence-corrected chi connectivity index (χ2v) is 6.31. The molecule has 6 heteroatoms. The van der Waals surface area contributed by atoms with E-state index in [0.717, 1.165) is 16.8 Å². The van der Waals surface area contributed by atoms with E-state index in [4.69, 9.17) is 0 Å². The maximum Gasteiger partial charge on any atom is 0.237 e. The van der Waals surface area contributed by atoms with Gasteiger partial charge < -0.3 is 10.3 Å². The van der Waals surface area contributed by atoms with Crippen LogP contribution in [-0.4, -0.2) is 26.1 Å². The van der Waals surface area contributed by atoms with Gasteiger partial charge in [-0.15, -0.1) is 0 Å². The molecule has 2 aromatic heterocycles. The van der Waals surface area contributed by atoms with Gasteiger partial charge in [-0.1, -0.05) is 30.0 Å². The normalized spacial score (nSPS) is 12.3. The van der Waals surface area contributed by atoms with E-state index in [1.165, 1.54) is 11.8 Å². The highest BCUT2D eigenvalue weighted by molar-refractivity contribution is 8.00. The first kappa shape index (κ1) is 14.6. The Morgan fingerprint density at radius 1 is 1.27 bits per heavy atom. The molecular formula is C16H16N4OS. The minimum Gasteiger partial charge on any atom is -0.332 e.